The summed E-state index contributed by atoms with van der Waals surface area (Å²) in [5.41, 5.74) is -0.850. The second-order valence-corrected chi connectivity index (χ2v) is 4.64. The average Bonchev–Trinajstić information content (AvgIpc) is 2.48. The van der Waals surface area contributed by atoms with Gasteiger partial charge in [-0.15, -0.1) is 0 Å². The van der Waals surface area contributed by atoms with Crippen molar-refractivity contribution in [3.05, 3.63) is 28.5 Å². The van der Waals surface area contributed by atoms with Crippen molar-refractivity contribution < 1.29 is 9.90 Å². The molecule has 1 atom stereocenters. The van der Waals surface area contributed by atoms with E-state index in [0.29, 0.717) is 18.5 Å². The number of carbonyl (C=O) groups excluding carboxylic acids is 1. The summed E-state index contributed by atoms with van der Waals surface area (Å²) in [6.45, 7) is 0.571. The largest absolute Gasteiger partial charge is 0.375 e. The Kier molecular flexibility index (Phi) is 2.52. The van der Waals surface area contributed by atoms with Crippen molar-refractivity contribution in [2.75, 3.05) is 13.6 Å². The molecule has 4 nitrogen and oxygen atoms in total. The maximum Gasteiger partial charge on any atom is 0.259 e. The van der Waals surface area contributed by atoms with Gasteiger partial charge in [-0.05, 0) is 22.0 Å². The number of likely N-dealkylation sites (tertiary alicyclic amines) is 1. The molecule has 0 unspecified atom stereocenters. The molecule has 0 spiro atoms. The van der Waals surface area contributed by atoms with E-state index in [0.717, 1.165) is 4.47 Å². The Hall–Kier alpha value is -0.940. The zero-order valence-electron chi connectivity index (χ0n) is 8.27. The van der Waals surface area contributed by atoms with Crippen LogP contribution in [0.2, 0.25) is 0 Å². The molecule has 2 heterocycles. The van der Waals surface area contributed by atoms with Gasteiger partial charge in [-0.25, -0.2) is 0 Å². The highest BCUT2D eigenvalue weighted by Crippen LogP contribution is 2.32. The van der Waals surface area contributed by atoms with Crippen LogP contribution in [-0.2, 0) is 10.4 Å². The number of rotatable bonds is 1. The van der Waals surface area contributed by atoms with Gasteiger partial charge in [0.1, 0.15) is 0 Å². The normalized spacial score (nSPS) is 26.1. The third-order valence-electron chi connectivity index (χ3n) is 2.69. The van der Waals surface area contributed by atoms with Crippen molar-refractivity contribution in [1.29, 1.82) is 0 Å². The third-order valence-corrected chi connectivity index (χ3v) is 3.13. The van der Waals surface area contributed by atoms with Gasteiger partial charge in [-0.2, -0.15) is 0 Å². The Morgan fingerprint density at radius 1 is 1.60 bits per heavy atom. The van der Waals surface area contributed by atoms with Crippen LogP contribution in [0, 0.1) is 0 Å². The van der Waals surface area contributed by atoms with Crippen molar-refractivity contribution in [3.8, 4) is 0 Å². The summed E-state index contributed by atoms with van der Waals surface area (Å²) in [7, 11) is 1.69. The minimum atomic E-state index is -1.40. The fourth-order valence-corrected chi connectivity index (χ4v) is 2.12. The van der Waals surface area contributed by atoms with Crippen LogP contribution in [0.3, 0.4) is 0 Å². The molecule has 0 radical (unpaired) electrons. The fraction of sp³-hybridized carbons (Fsp3) is 0.400. The van der Waals surface area contributed by atoms with E-state index in [1.807, 2.05) is 0 Å². The van der Waals surface area contributed by atoms with Crippen molar-refractivity contribution in [2.24, 2.45) is 0 Å². The van der Waals surface area contributed by atoms with E-state index < -0.39 is 5.60 Å². The molecule has 1 aromatic rings. The lowest BCUT2D eigenvalue weighted by Crippen LogP contribution is -2.36. The van der Waals surface area contributed by atoms with Gasteiger partial charge in [0, 0.05) is 42.4 Å². The highest BCUT2D eigenvalue weighted by Gasteiger charge is 2.45. The molecule has 1 aliphatic heterocycles. The van der Waals surface area contributed by atoms with E-state index >= 15 is 0 Å². The molecule has 2 rings (SSSR count). The lowest BCUT2D eigenvalue weighted by atomic mass is 9.94. The highest BCUT2D eigenvalue weighted by atomic mass is 79.9. The Bertz CT molecular complexity index is 410. The van der Waals surface area contributed by atoms with Crippen LogP contribution in [0.15, 0.2) is 22.9 Å². The molecule has 0 aliphatic carbocycles. The summed E-state index contributed by atoms with van der Waals surface area (Å²) < 4.78 is 0.760. The van der Waals surface area contributed by atoms with Crippen LogP contribution in [-0.4, -0.2) is 34.5 Å². The van der Waals surface area contributed by atoms with Crippen LogP contribution in [0.5, 0.6) is 0 Å². The summed E-state index contributed by atoms with van der Waals surface area (Å²) in [4.78, 5) is 17.3. The molecule has 15 heavy (non-hydrogen) atoms. The Morgan fingerprint density at radius 2 is 2.33 bits per heavy atom. The number of likely N-dealkylation sites (N-methyl/N-ethyl adjacent to an activating group) is 1. The van der Waals surface area contributed by atoms with E-state index in [2.05, 4.69) is 20.9 Å². The number of pyridine rings is 1. The van der Waals surface area contributed by atoms with Gasteiger partial charge >= 0.3 is 0 Å². The molecule has 1 aromatic heterocycles. The van der Waals surface area contributed by atoms with Crippen molar-refractivity contribution in [2.45, 2.75) is 12.0 Å². The minimum absolute atomic E-state index is 0.262. The molecule has 1 amide bonds. The third kappa shape index (κ3) is 1.66. The van der Waals surface area contributed by atoms with Gasteiger partial charge < -0.3 is 10.0 Å². The maximum atomic E-state index is 11.8. The Balaban J connectivity index is 2.42. The van der Waals surface area contributed by atoms with E-state index in [4.69, 9.17) is 0 Å². The number of carbonyl (C=O) groups is 1. The van der Waals surface area contributed by atoms with Gasteiger partial charge in [0.15, 0.2) is 5.60 Å². The Morgan fingerprint density at radius 3 is 2.87 bits per heavy atom. The number of aromatic nitrogens is 1. The van der Waals surface area contributed by atoms with Crippen molar-refractivity contribution in [1.82, 2.24) is 9.88 Å². The highest BCUT2D eigenvalue weighted by molar-refractivity contribution is 9.10. The van der Waals surface area contributed by atoms with Crippen LogP contribution in [0.25, 0.3) is 0 Å². The van der Waals surface area contributed by atoms with Crippen LogP contribution < -0.4 is 0 Å². The lowest BCUT2D eigenvalue weighted by Gasteiger charge is -2.20. The van der Waals surface area contributed by atoms with Gasteiger partial charge in [-0.3, -0.25) is 9.78 Å². The quantitative estimate of drug-likeness (QED) is 0.825. The van der Waals surface area contributed by atoms with Crippen LogP contribution in [0.1, 0.15) is 12.0 Å². The van der Waals surface area contributed by atoms with Crippen LogP contribution >= 0.6 is 15.9 Å². The fourth-order valence-electron chi connectivity index (χ4n) is 1.76. The molecule has 1 fully saturated rings. The van der Waals surface area contributed by atoms with Gasteiger partial charge in [0.2, 0.25) is 0 Å². The number of hydrogen-bond donors (Lipinski definition) is 1. The number of amides is 1. The predicted octanol–water partition coefficient (Wildman–Crippen LogP) is 0.894. The number of nitrogens with zero attached hydrogens (tertiary/aromatic N) is 2. The van der Waals surface area contributed by atoms with E-state index in [-0.39, 0.29) is 5.91 Å². The second kappa shape index (κ2) is 3.57. The first-order chi connectivity index (χ1) is 7.04. The maximum absolute atomic E-state index is 11.8. The second-order valence-electron chi connectivity index (χ2n) is 3.73. The molecule has 1 N–H and O–H groups in total. The summed E-state index contributed by atoms with van der Waals surface area (Å²) in [6, 6.07) is 1.73. The standard InChI is InChI=1S/C10H11BrN2O2/c1-13-3-2-10(15,9(13)14)7-4-8(11)6-12-5-7/h4-6,15H,2-3H2,1H3/t10-/m1/s1. The molecule has 80 valence electrons. The van der Waals surface area contributed by atoms with Gasteiger partial charge in [-0.1, -0.05) is 0 Å². The van der Waals surface area contributed by atoms with Crippen LogP contribution in [0.4, 0.5) is 0 Å². The monoisotopic (exact) mass is 270 g/mol. The summed E-state index contributed by atoms with van der Waals surface area (Å²) in [5.74, 6) is -0.262. The molecule has 0 bridgehead atoms. The first kappa shape index (κ1) is 10.6. The van der Waals surface area contributed by atoms with E-state index in [1.165, 1.54) is 11.1 Å². The first-order valence-electron chi connectivity index (χ1n) is 4.63. The minimum Gasteiger partial charge on any atom is -0.375 e. The van der Waals surface area contributed by atoms with Gasteiger partial charge in [0.25, 0.3) is 5.91 Å². The van der Waals surface area contributed by atoms with Crippen molar-refractivity contribution in [3.63, 3.8) is 0 Å². The summed E-state index contributed by atoms with van der Waals surface area (Å²) in [6.07, 6.45) is 3.57. The molecule has 1 aliphatic rings. The Labute approximate surface area is 96.1 Å². The molecule has 1 saturated heterocycles. The van der Waals surface area contributed by atoms with E-state index in [9.17, 15) is 9.90 Å². The average molecular weight is 271 g/mol. The molecule has 0 saturated carbocycles. The summed E-state index contributed by atoms with van der Waals surface area (Å²) >= 11 is 3.27. The summed E-state index contributed by atoms with van der Waals surface area (Å²) in [5, 5.41) is 10.3. The SMILES string of the molecule is CN1CC[C@@](O)(c2cncc(Br)c2)C1=O. The molecule has 0 aromatic carbocycles. The molecule has 5 heteroatoms. The molecular weight excluding hydrogens is 260 g/mol. The van der Waals surface area contributed by atoms with E-state index in [1.54, 1.807) is 19.3 Å². The first-order valence-corrected chi connectivity index (χ1v) is 5.42. The number of halogens is 1. The zero-order valence-corrected chi connectivity index (χ0v) is 9.86. The number of hydrogen-bond acceptors (Lipinski definition) is 3. The molecular formula is C10H11BrN2O2. The lowest BCUT2D eigenvalue weighted by molar-refractivity contribution is -0.143. The predicted molar refractivity (Wildman–Crippen MR) is 58.1 cm³/mol. The smallest absolute Gasteiger partial charge is 0.259 e. The van der Waals surface area contributed by atoms with Gasteiger partial charge in [0.05, 0.1) is 0 Å². The van der Waals surface area contributed by atoms with Crippen molar-refractivity contribution >= 4 is 21.8 Å². The number of aliphatic hydroxyl groups is 1. The zero-order chi connectivity index (χ0) is 11.1. The topological polar surface area (TPSA) is 53.4 Å².